The van der Waals surface area contributed by atoms with Crippen molar-refractivity contribution >= 4 is 107 Å². The Labute approximate surface area is 601 Å². The fourth-order valence-corrected chi connectivity index (χ4v) is 20.6. The minimum absolute atomic E-state index is 0.0470. The summed E-state index contributed by atoms with van der Waals surface area (Å²) < 4.78 is 0. The first-order chi connectivity index (χ1) is 48.4. The Morgan fingerprint density at radius 1 is 0.374 bits per heavy atom. The maximum Gasteiger partial charge on any atom is 0.234 e. The molecule has 0 saturated heterocycles. The SMILES string of the molecule is Cc1cccc2c1[C@@]1(CC2)CCc2cccc(N)c21.Cc1cccc2c1[C@@]1(CC2)CCc2cccc(NC(=O)CSc3ccc4ccccc4c3)c21.Cc1cccc2c1[C@@]1(CC2)CCc2cccc(NCCSc3ccc4ccccc4c3)c21.O=C(Cl)CSc1ccc2ccccc2c1. The van der Waals surface area contributed by atoms with E-state index in [1.165, 1.54) is 162 Å². The molecule has 18 rings (SSSR count). The number of anilines is 3. The molecule has 1 amide bonds. The van der Waals surface area contributed by atoms with Gasteiger partial charge in [0.25, 0.3) is 0 Å². The van der Waals surface area contributed by atoms with Crippen LogP contribution in [0.3, 0.4) is 0 Å². The van der Waals surface area contributed by atoms with Crippen molar-refractivity contribution in [3.05, 3.63) is 320 Å². The third-order valence-electron chi connectivity index (χ3n) is 22.2. The minimum Gasteiger partial charge on any atom is -0.398 e. The number of carbonyl (C=O) groups is 2. The molecule has 9 heteroatoms. The van der Waals surface area contributed by atoms with Crippen LogP contribution in [0.1, 0.15) is 122 Å². The summed E-state index contributed by atoms with van der Waals surface area (Å²) in [4.78, 5) is 27.2. The molecule has 3 atom stereocenters. The van der Waals surface area contributed by atoms with Crippen LogP contribution in [0.2, 0.25) is 0 Å². The molecule has 6 aliphatic carbocycles. The average Bonchev–Trinajstić information content (AvgIpc) is 1.58. The number of nitrogen functional groups attached to an aromatic ring is 1. The van der Waals surface area contributed by atoms with Crippen LogP contribution in [-0.2, 0) is 64.4 Å². The summed E-state index contributed by atoms with van der Waals surface area (Å²) in [5, 5.41) is 14.3. The zero-order valence-corrected chi connectivity index (χ0v) is 60.0. The summed E-state index contributed by atoms with van der Waals surface area (Å²) in [5.74, 6) is 1.85. The highest BCUT2D eigenvalue weighted by Gasteiger charge is 2.49. The Morgan fingerprint density at radius 2 is 0.717 bits per heavy atom. The number of hydrogen-bond donors (Lipinski definition) is 3. The molecule has 12 aromatic rings. The number of rotatable bonds is 12. The van der Waals surface area contributed by atoms with Crippen molar-refractivity contribution in [1.82, 2.24) is 0 Å². The third-order valence-corrected chi connectivity index (χ3v) is 25.5. The van der Waals surface area contributed by atoms with Gasteiger partial charge in [0, 0.05) is 60.3 Å². The van der Waals surface area contributed by atoms with Crippen LogP contribution in [0.5, 0.6) is 0 Å². The van der Waals surface area contributed by atoms with Gasteiger partial charge in [0.1, 0.15) is 0 Å². The first-order valence-corrected chi connectivity index (χ1v) is 38.7. The Balaban J connectivity index is 0.000000113. The lowest BCUT2D eigenvalue weighted by molar-refractivity contribution is -0.114. The molecule has 0 aliphatic heterocycles. The van der Waals surface area contributed by atoms with Crippen molar-refractivity contribution in [2.24, 2.45) is 0 Å². The van der Waals surface area contributed by atoms with Gasteiger partial charge in [-0.1, -0.05) is 182 Å². The molecular weight excluding hydrogens is 1290 g/mol. The molecule has 0 saturated carbocycles. The van der Waals surface area contributed by atoms with E-state index in [1.54, 1.807) is 39.6 Å². The molecule has 0 heterocycles. The highest BCUT2D eigenvalue weighted by atomic mass is 35.5. The lowest BCUT2D eigenvalue weighted by atomic mass is 9.74. The molecule has 0 fully saturated rings. The predicted molar refractivity (Wildman–Crippen MR) is 422 cm³/mol. The fourth-order valence-electron chi connectivity index (χ4n) is 18.2. The molecule has 99 heavy (non-hydrogen) atoms. The lowest BCUT2D eigenvalue weighted by Crippen LogP contribution is -2.25. The number of nitrogens with one attached hydrogen (secondary N) is 2. The smallest absolute Gasteiger partial charge is 0.234 e. The van der Waals surface area contributed by atoms with Gasteiger partial charge in [-0.25, -0.2) is 0 Å². The maximum atomic E-state index is 13.0. The third kappa shape index (κ3) is 13.1. The average molecular weight is 1370 g/mol. The zero-order chi connectivity index (χ0) is 67.7. The van der Waals surface area contributed by atoms with E-state index in [2.05, 4.69) is 250 Å². The van der Waals surface area contributed by atoms with Crippen molar-refractivity contribution in [3.8, 4) is 0 Å². The second-order valence-electron chi connectivity index (χ2n) is 27.9. The fraction of sp³-hybridized carbons (Fsp3) is 0.244. The van der Waals surface area contributed by atoms with Crippen LogP contribution in [0, 0.1) is 20.8 Å². The van der Waals surface area contributed by atoms with Crippen LogP contribution in [0.25, 0.3) is 32.3 Å². The number of halogens is 1. The highest BCUT2D eigenvalue weighted by Crippen LogP contribution is 2.58. The summed E-state index contributed by atoms with van der Waals surface area (Å²) in [6, 6.07) is 84.5. The quantitative estimate of drug-likeness (QED) is 0.0486. The van der Waals surface area contributed by atoms with E-state index >= 15 is 0 Å². The van der Waals surface area contributed by atoms with Gasteiger partial charge in [0.05, 0.1) is 11.5 Å². The highest BCUT2D eigenvalue weighted by molar-refractivity contribution is 8.00. The van der Waals surface area contributed by atoms with Gasteiger partial charge in [0.15, 0.2) is 0 Å². The van der Waals surface area contributed by atoms with E-state index in [1.807, 2.05) is 30.0 Å². The van der Waals surface area contributed by atoms with Gasteiger partial charge >= 0.3 is 0 Å². The van der Waals surface area contributed by atoms with Gasteiger partial charge in [-0.15, -0.1) is 35.3 Å². The summed E-state index contributed by atoms with van der Waals surface area (Å²) in [5.41, 5.74) is 32.5. The Kier molecular flexibility index (Phi) is 19.2. The molecule has 0 aromatic heterocycles. The van der Waals surface area contributed by atoms with E-state index in [9.17, 15) is 9.59 Å². The van der Waals surface area contributed by atoms with E-state index in [0.29, 0.717) is 11.5 Å². The number of thioether (sulfide) groups is 3. The standard InChI is InChI=1S/C30H27NOS.C30H29NS.C18H19N.C12H9ClOS/c1-20-6-4-9-22-14-16-30(28(20)22)17-15-23-10-5-11-26(29(23)30)31-27(32)19-33-25-13-12-21-7-2-3-8-24(21)18-25;1-21-6-4-9-23-14-16-30(28(21)23)17-15-24-10-5-11-27(29(24)30)31-18-19-32-26-13-12-22-7-2-3-8-25(22)20-26;1-12-4-2-5-13-8-10-18(16(12)13)11-9-14-6-3-7-15(19)17(14)18;13-12(14)8-15-11-6-5-9-3-1-2-4-10(9)7-11/h2-13,18H,14-17,19H2,1H3,(H,31,32);2-13,20,31H,14-19H2,1H3;2-7H,8-11,19H2,1H3;1-7H,8H2/t2*30-;18-;/m111./s1. The first kappa shape index (κ1) is 66.4. The Morgan fingerprint density at radius 3 is 1.15 bits per heavy atom. The molecule has 4 N–H and O–H groups in total. The van der Waals surface area contributed by atoms with Crippen LogP contribution < -0.4 is 16.4 Å². The summed E-state index contributed by atoms with van der Waals surface area (Å²) in [6.45, 7) is 7.78. The lowest BCUT2D eigenvalue weighted by Gasteiger charge is -2.30. The number of fused-ring (bicyclic) bond motifs is 15. The van der Waals surface area contributed by atoms with Crippen LogP contribution >= 0.6 is 46.9 Å². The number of benzene rings is 12. The van der Waals surface area contributed by atoms with E-state index in [0.717, 1.165) is 59.1 Å². The van der Waals surface area contributed by atoms with Gasteiger partial charge in [-0.2, -0.15) is 0 Å². The summed E-state index contributed by atoms with van der Waals surface area (Å²) >= 11 is 10.3. The second-order valence-corrected chi connectivity index (χ2v) is 31.6. The van der Waals surface area contributed by atoms with Crippen molar-refractivity contribution in [2.75, 3.05) is 40.2 Å². The molecule has 0 unspecified atom stereocenters. The molecule has 496 valence electrons. The van der Waals surface area contributed by atoms with E-state index in [-0.39, 0.29) is 27.4 Å². The normalized spacial score (nSPS) is 18.3. The largest absolute Gasteiger partial charge is 0.398 e. The summed E-state index contributed by atoms with van der Waals surface area (Å²) in [6.07, 6.45) is 14.2. The van der Waals surface area contributed by atoms with Gasteiger partial charge in [-0.3, -0.25) is 9.59 Å². The topological polar surface area (TPSA) is 84.2 Å². The minimum atomic E-state index is -0.312. The zero-order valence-electron chi connectivity index (χ0n) is 56.8. The van der Waals surface area contributed by atoms with Crippen LogP contribution in [-0.4, -0.2) is 35.0 Å². The van der Waals surface area contributed by atoms with Crippen LogP contribution in [0.15, 0.2) is 251 Å². The number of aryl methyl sites for hydroxylation is 9. The monoisotopic (exact) mass is 1370 g/mol. The van der Waals surface area contributed by atoms with Crippen molar-refractivity contribution in [1.29, 1.82) is 0 Å². The Hall–Kier alpha value is -8.50. The summed E-state index contributed by atoms with van der Waals surface area (Å²) in [7, 11) is 0. The number of nitrogens with two attached hydrogens (primary N) is 1. The Bertz CT molecular complexity index is 5010. The van der Waals surface area contributed by atoms with Crippen molar-refractivity contribution < 1.29 is 9.59 Å². The molecule has 5 nitrogen and oxygen atoms in total. The van der Waals surface area contributed by atoms with Gasteiger partial charge in [0.2, 0.25) is 11.1 Å². The molecule has 0 bridgehead atoms. The number of carbonyl (C=O) groups excluding carboxylic acids is 2. The molecule has 6 aliphatic rings. The van der Waals surface area contributed by atoms with Gasteiger partial charge in [-0.05, 0) is 280 Å². The second kappa shape index (κ2) is 28.6. The molecular formula is C90H84ClN3O2S3. The van der Waals surface area contributed by atoms with Crippen molar-refractivity contribution in [3.63, 3.8) is 0 Å². The molecule has 3 spiro atoms. The first-order valence-electron chi connectivity index (χ1n) is 35.3. The molecule has 12 aromatic carbocycles. The maximum absolute atomic E-state index is 13.0. The van der Waals surface area contributed by atoms with Gasteiger partial charge < -0.3 is 16.4 Å². The van der Waals surface area contributed by atoms with Crippen LogP contribution in [0.4, 0.5) is 17.1 Å². The predicted octanol–water partition coefficient (Wildman–Crippen LogP) is 22.0. The number of hydrogen-bond acceptors (Lipinski definition) is 7. The van der Waals surface area contributed by atoms with Crippen molar-refractivity contribution in [2.45, 2.75) is 129 Å². The number of amides is 1. The van der Waals surface area contributed by atoms with E-state index < -0.39 is 0 Å². The molecule has 0 radical (unpaired) electrons. The van der Waals surface area contributed by atoms with E-state index in [4.69, 9.17) is 17.3 Å².